The molecule has 3 aromatic rings. The van der Waals surface area contributed by atoms with E-state index in [-0.39, 0.29) is 47.0 Å². The molecule has 1 saturated carbocycles. The zero-order valence-corrected chi connectivity index (χ0v) is 25.7. The van der Waals surface area contributed by atoms with Crippen LogP contribution >= 0.6 is 0 Å². The first kappa shape index (κ1) is 33.4. The number of rotatable bonds is 10. The molecule has 1 unspecified atom stereocenters. The summed E-state index contributed by atoms with van der Waals surface area (Å²) in [4.78, 5) is 12.9. The third-order valence-electron chi connectivity index (χ3n) is 8.75. The third-order valence-corrected chi connectivity index (χ3v) is 8.75. The Morgan fingerprint density at radius 3 is 1.93 bits per heavy atom. The molecule has 0 aromatic heterocycles. The molecular weight excluding hydrogens is 610 g/mol. The Kier molecular flexibility index (Phi) is 10.6. The van der Waals surface area contributed by atoms with Crippen LogP contribution in [0.1, 0.15) is 82.3 Å². The Labute approximate surface area is 264 Å². The molecule has 0 radical (unpaired) electrons. The summed E-state index contributed by atoms with van der Waals surface area (Å²) >= 11 is 0. The van der Waals surface area contributed by atoms with E-state index in [1.165, 1.54) is 24.3 Å². The molecule has 0 bridgehead atoms. The van der Waals surface area contributed by atoms with E-state index in [1.807, 2.05) is 6.92 Å². The van der Waals surface area contributed by atoms with Crippen molar-refractivity contribution < 1.29 is 45.3 Å². The maximum absolute atomic E-state index is 15.2. The van der Waals surface area contributed by atoms with Crippen LogP contribution in [-0.2, 0) is 9.53 Å². The first-order valence-corrected chi connectivity index (χ1v) is 15.7. The van der Waals surface area contributed by atoms with Crippen LogP contribution in [0.4, 0.5) is 26.3 Å². The molecule has 46 heavy (non-hydrogen) atoms. The SMILES string of the molecule is CCCOc1ccc(C2CCC(C(=O)OC3CC=C(c4ccc(-c5ccc(OCC)c(F)c5F)c(F)c4F)CC3)CC2)c(F)c1F. The number of esters is 1. The average molecular weight is 647 g/mol. The lowest BCUT2D eigenvalue weighted by Gasteiger charge is -2.30. The topological polar surface area (TPSA) is 44.8 Å². The maximum Gasteiger partial charge on any atom is 0.309 e. The number of hydrogen-bond acceptors (Lipinski definition) is 4. The van der Waals surface area contributed by atoms with Crippen molar-refractivity contribution in [3.63, 3.8) is 0 Å². The second-order valence-corrected chi connectivity index (χ2v) is 11.7. The highest BCUT2D eigenvalue weighted by molar-refractivity contribution is 5.74. The van der Waals surface area contributed by atoms with E-state index in [0.717, 1.165) is 6.07 Å². The van der Waals surface area contributed by atoms with E-state index in [2.05, 4.69) is 0 Å². The highest BCUT2D eigenvalue weighted by Crippen LogP contribution is 2.40. The van der Waals surface area contributed by atoms with Crippen molar-refractivity contribution in [2.75, 3.05) is 13.2 Å². The molecule has 3 aromatic carbocycles. The zero-order chi connectivity index (χ0) is 33.0. The number of halogens is 6. The molecule has 10 heteroatoms. The number of carbonyl (C=O) groups is 1. The lowest BCUT2D eigenvalue weighted by atomic mass is 9.78. The highest BCUT2D eigenvalue weighted by Gasteiger charge is 2.32. The maximum atomic E-state index is 15.2. The molecule has 1 atom stereocenters. The fraction of sp³-hybridized carbons (Fsp3) is 0.417. The summed E-state index contributed by atoms with van der Waals surface area (Å²) in [6, 6.07) is 7.86. The van der Waals surface area contributed by atoms with Crippen LogP contribution in [0.5, 0.6) is 11.5 Å². The molecule has 4 nitrogen and oxygen atoms in total. The fourth-order valence-electron chi connectivity index (χ4n) is 6.26. The summed E-state index contributed by atoms with van der Waals surface area (Å²) in [5.74, 6) is -8.36. The first-order chi connectivity index (χ1) is 22.1. The zero-order valence-electron chi connectivity index (χ0n) is 25.7. The molecule has 0 amide bonds. The van der Waals surface area contributed by atoms with Crippen molar-refractivity contribution in [2.24, 2.45) is 5.92 Å². The van der Waals surface area contributed by atoms with E-state index < -0.39 is 52.1 Å². The van der Waals surface area contributed by atoms with Gasteiger partial charge in [-0.05, 0) is 87.1 Å². The van der Waals surface area contributed by atoms with Crippen LogP contribution in [0.3, 0.4) is 0 Å². The van der Waals surface area contributed by atoms with Gasteiger partial charge < -0.3 is 14.2 Å². The molecular formula is C36H36F6O4. The summed E-state index contributed by atoms with van der Waals surface area (Å²) in [5, 5.41) is 0. The van der Waals surface area contributed by atoms with Gasteiger partial charge in [-0.15, -0.1) is 0 Å². The predicted molar refractivity (Wildman–Crippen MR) is 161 cm³/mol. The molecule has 2 aliphatic rings. The minimum atomic E-state index is -1.33. The average Bonchev–Trinajstić information content (AvgIpc) is 3.06. The second kappa shape index (κ2) is 14.6. The summed E-state index contributed by atoms with van der Waals surface area (Å²) < 4.78 is 105. The summed E-state index contributed by atoms with van der Waals surface area (Å²) in [7, 11) is 0. The van der Waals surface area contributed by atoms with Crippen LogP contribution in [0.15, 0.2) is 42.5 Å². The predicted octanol–water partition coefficient (Wildman–Crippen LogP) is 9.83. The fourth-order valence-corrected chi connectivity index (χ4v) is 6.26. The molecule has 246 valence electrons. The minimum absolute atomic E-state index is 0.00444. The summed E-state index contributed by atoms with van der Waals surface area (Å²) in [6.07, 6.45) is 4.90. The number of benzene rings is 3. The normalized spacial score (nSPS) is 19.8. The van der Waals surface area contributed by atoms with E-state index >= 15 is 8.78 Å². The molecule has 1 fully saturated rings. The van der Waals surface area contributed by atoms with Crippen molar-refractivity contribution in [2.45, 2.75) is 77.2 Å². The number of allylic oxidation sites excluding steroid dienone is 1. The molecule has 5 rings (SSSR count). The van der Waals surface area contributed by atoms with Crippen LogP contribution in [0.2, 0.25) is 0 Å². The largest absolute Gasteiger partial charge is 0.491 e. The third kappa shape index (κ3) is 6.90. The Bertz CT molecular complexity index is 1610. The summed E-state index contributed by atoms with van der Waals surface area (Å²) in [6.45, 7) is 3.89. The quantitative estimate of drug-likeness (QED) is 0.163. The molecule has 0 heterocycles. The monoisotopic (exact) mass is 646 g/mol. The van der Waals surface area contributed by atoms with Gasteiger partial charge in [-0.25, -0.2) is 17.6 Å². The van der Waals surface area contributed by atoms with E-state index in [9.17, 15) is 22.4 Å². The Morgan fingerprint density at radius 1 is 0.696 bits per heavy atom. The van der Waals surface area contributed by atoms with E-state index in [0.29, 0.717) is 63.5 Å². The van der Waals surface area contributed by atoms with Crippen LogP contribution in [0, 0.1) is 40.8 Å². The lowest BCUT2D eigenvalue weighted by Crippen LogP contribution is -2.28. The van der Waals surface area contributed by atoms with Crippen LogP contribution in [-0.4, -0.2) is 25.3 Å². The van der Waals surface area contributed by atoms with Gasteiger partial charge in [0, 0.05) is 23.1 Å². The molecule has 0 spiro atoms. The minimum Gasteiger partial charge on any atom is -0.491 e. The highest BCUT2D eigenvalue weighted by atomic mass is 19.2. The lowest BCUT2D eigenvalue weighted by molar-refractivity contribution is -0.155. The van der Waals surface area contributed by atoms with Gasteiger partial charge in [0.2, 0.25) is 11.6 Å². The molecule has 0 N–H and O–H groups in total. The first-order valence-electron chi connectivity index (χ1n) is 15.7. The standard InChI is InChI=1S/C36H36F6O4/c1-3-19-45-29-17-15-25(31(38)35(29)42)20-5-7-22(8-6-20)36(43)46-23-11-9-21(10-12-23)24-13-14-26(32(39)30(24)37)27-16-18-28(44-4-2)34(41)33(27)40/h9,13-18,20,22-23H,3-8,10-12,19H2,1-2H3. The van der Waals surface area contributed by atoms with Crippen LogP contribution in [0.25, 0.3) is 16.7 Å². The smallest absolute Gasteiger partial charge is 0.309 e. The van der Waals surface area contributed by atoms with Crippen molar-refractivity contribution in [1.82, 2.24) is 0 Å². The summed E-state index contributed by atoms with van der Waals surface area (Å²) in [5.41, 5.74) is -0.0230. The van der Waals surface area contributed by atoms with Gasteiger partial charge in [-0.1, -0.05) is 31.2 Å². The van der Waals surface area contributed by atoms with Gasteiger partial charge in [0.25, 0.3) is 0 Å². The second-order valence-electron chi connectivity index (χ2n) is 11.7. The molecule has 0 aliphatic heterocycles. The van der Waals surface area contributed by atoms with Crippen molar-refractivity contribution in [3.8, 4) is 22.6 Å². The van der Waals surface area contributed by atoms with Gasteiger partial charge >= 0.3 is 5.97 Å². The van der Waals surface area contributed by atoms with E-state index in [4.69, 9.17) is 14.2 Å². The Hall–Kier alpha value is -3.95. The van der Waals surface area contributed by atoms with Gasteiger partial charge in [0.05, 0.1) is 19.1 Å². The van der Waals surface area contributed by atoms with Gasteiger partial charge in [0.1, 0.15) is 6.10 Å². The van der Waals surface area contributed by atoms with Crippen LogP contribution < -0.4 is 9.47 Å². The van der Waals surface area contributed by atoms with Crippen molar-refractivity contribution in [3.05, 3.63) is 88.5 Å². The Morgan fingerprint density at radius 2 is 1.28 bits per heavy atom. The Balaban J connectivity index is 1.18. The molecule has 2 aliphatic carbocycles. The van der Waals surface area contributed by atoms with Gasteiger partial charge in [-0.3, -0.25) is 4.79 Å². The van der Waals surface area contributed by atoms with Crippen molar-refractivity contribution >= 4 is 11.5 Å². The molecule has 0 saturated heterocycles. The van der Waals surface area contributed by atoms with Crippen molar-refractivity contribution in [1.29, 1.82) is 0 Å². The number of carbonyl (C=O) groups excluding carboxylic acids is 1. The van der Waals surface area contributed by atoms with E-state index in [1.54, 1.807) is 19.1 Å². The number of hydrogen-bond donors (Lipinski definition) is 0. The number of ether oxygens (including phenoxy) is 3. The van der Waals surface area contributed by atoms with Gasteiger partial charge in [0.15, 0.2) is 34.8 Å². The van der Waals surface area contributed by atoms with Gasteiger partial charge in [-0.2, -0.15) is 8.78 Å².